The number of ether oxygens (including phenoxy) is 2. The molecule has 0 unspecified atom stereocenters. The van der Waals surface area contributed by atoms with Gasteiger partial charge in [-0.1, -0.05) is 6.07 Å². The van der Waals surface area contributed by atoms with E-state index in [1.165, 1.54) is 0 Å². The maximum absolute atomic E-state index is 12.3. The zero-order chi connectivity index (χ0) is 22.1. The van der Waals surface area contributed by atoms with Crippen LogP contribution in [0.4, 0.5) is 16.3 Å². The van der Waals surface area contributed by atoms with Gasteiger partial charge in [-0.3, -0.25) is 14.8 Å². The van der Waals surface area contributed by atoms with Crippen molar-refractivity contribution in [1.82, 2.24) is 19.9 Å². The first kappa shape index (κ1) is 20.4. The highest BCUT2D eigenvalue weighted by Crippen LogP contribution is 2.27. The monoisotopic (exact) mass is 434 g/mol. The van der Waals surface area contributed by atoms with E-state index in [0.717, 1.165) is 48.5 Å². The molecule has 1 amide bonds. The number of cyclic esters (lactones) is 1. The molecule has 0 radical (unpaired) electrons. The Kier molecular flexibility index (Phi) is 5.48. The molecule has 0 aromatic carbocycles. The highest BCUT2D eigenvalue weighted by molar-refractivity contribution is 5.89. The molecule has 2 saturated heterocycles. The summed E-state index contributed by atoms with van der Waals surface area (Å²) in [6.45, 7) is 6.70. The van der Waals surface area contributed by atoms with Crippen molar-refractivity contribution in [3.8, 4) is 5.88 Å². The number of anilines is 2. The molecule has 0 spiro atoms. The molecule has 3 aromatic rings. The normalized spacial score (nSPS) is 19.4. The van der Waals surface area contributed by atoms with Crippen molar-refractivity contribution in [2.75, 3.05) is 56.2 Å². The molecule has 9 heteroatoms. The number of fused-ring (bicyclic) bond motifs is 1. The molecule has 5 heterocycles. The fourth-order valence-corrected chi connectivity index (χ4v) is 4.25. The standard InChI is InChI=1S/C23H26N6O3/c1-16-3-5-20(25-13-16)29-15-17(32-23(29)30)14-27-9-11-28(12-10-27)19-7-8-24-18-4-6-21(31-2)26-22(18)19/h3-8,13,17H,9-12,14-15H2,1-2H3/t17-/m0/s1. The van der Waals surface area contributed by atoms with E-state index < -0.39 is 0 Å². The fourth-order valence-electron chi connectivity index (χ4n) is 4.25. The predicted octanol–water partition coefficient (Wildman–Crippen LogP) is 2.49. The van der Waals surface area contributed by atoms with Crippen LogP contribution in [0.25, 0.3) is 11.0 Å². The molecule has 1 atom stereocenters. The molecule has 2 aliphatic heterocycles. The number of hydrogen-bond donors (Lipinski definition) is 0. The van der Waals surface area contributed by atoms with Gasteiger partial charge < -0.3 is 14.4 Å². The lowest BCUT2D eigenvalue weighted by Gasteiger charge is -2.36. The zero-order valence-corrected chi connectivity index (χ0v) is 18.3. The van der Waals surface area contributed by atoms with Crippen LogP contribution in [-0.2, 0) is 4.74 Å². The second kappa shape index (κ2) is 8.58. The lowest BCUT2D eigenvalue weighted by Crippen LogP contribution is -2.49. The van der Waals surface area contributed by atoms with E-state index in [4.69, 9.17) is 9.47 Å². The third kappa shape index (κ3) is 4.03. The summed E-state index contributed by atoms with van der Waals surface area (Å²) >= 11 is 0. The molecule has 0 N–H and O–H groups in total. The number of methoxy groups -OCH3 is 1. The summed E-state index contributed by atoms with van der Waals surface area (Å²) in [6.07, 6.45) is 3.10. The molecule has 5 rings (SSSR count). The van der Waals surface area contributed by atoms with Gasteiger partial charge in [0, 0.05) is 51.2 Å². The van der Waals surface area contributed by atoms with Gasteiger partial charge in [0.1, 0.15) is 17.4 Å². The van der Waals surface area contributed by atoms with E-state index in [1.54, 1.807) is 18.2 Å². The number of hydrogen-bond acceptors (Lipinski definition) is 8. The fraction of sp³-hybridized carbons (Fsp3) is 0.391. The molecule has 0 bridgehead atoms. The summed E-state index contributed by atoms with van der Waals surface area (Å²) in [7, 11) is 1.62. The Morgan fingerprint density at radius 2 is 1.94 bits per heavy atom. The van der Waals surface area contributed by atoms with Crippen LogP contribution in [0, 0.1) is 6.92 Å². The largest absolute Gasteiger partial charge is 0.481 e. The minimum Gasteiger partial charge on any atom is -0.481 e. The lowest BCUT2D eigenvalue weighted by molar-refractivity contribution is 0.106. The molecule has 9 nitrogen and oxygen atoms in total. The van der Waals surface area contributed by atoms with Gasteiger partial charge in [0.05, 0.1) is 24.9 Å². The number of piperazine rings is 1. The van der Waals surface area contributed by atoms with Crippen LogP contribution < -0.4 is 14.5 Å². The van der Waals surface area contributed by atoms with Crippen molar-refractivity contribution in [2.24, 2.45) is 0 Å². The summed E-state index contributed by atoms with van der Waals surface area (Å²) in [4.78, 5) is 32.0. The number of pyridine rings is 3. The van der Waals surface area contributed by atoms with Crippen molar-refractivity contribution in [3.05, 3.63) is 48.3 Å². The topological polar surface area (TPSA) is 83.9 Å². The summed E-state index contributed by atoms with van der Waals surface area (Å²) in [5.74, 6) is 1.22. The Labute approximate surface area is 186 Å². The van der Waals surface area contributed by atoms with Gasteiger partial charge in [0.15, 0.2) is 0 Å². The Bertz CT molecular complexity index is 1110. The van der Waals surface area contributed by atoms with E-state index >= 15 is 0 Å². The van der Waals surface area contributed by atoms with Gasteiger partial charge >= 0.3 is 6.09 Å². The second-order valence-corrected chi connectivity index (χ2v) is 8.15. The quantitative estimate of drug-likeness (QED) is 0.606. The maximum Gasteiger partial charge on any atom is 0.415 e. The van der Waals surface area contributed by atoms with Gasteiger partial charge in [-0.2, -0.15) is 0 Å². The zero-order valence-electron chi connectivity index (χ0n) is 18.3. The SMILES string of the molecule is COc1ccc2nccc(N3CCN(C[C@H]4CN(c5ccc(C)cn5)C(=O)O4)CC3)c2n1. The van der Waals surface area contributed by atoms with Crippen LogP contribution in [0.1, 0.15) is 5.56 Å². The van der Waals surface area contributed by atoms with E-state index in [-0.39, 0.29) is 12.2 Å². The molecule has 32 heavy (non-hydrogen) atoms. The molecular formula is C23H26N6O3. The van der Waals surface area contributed by atoms with Gasteiger partial charge in [-0.15, -0.1) is 0 Å². The van der Waals surface area contributed by atoms with Gasteiger partial charge in [0.2, 0.25) is 5.88 Å². The number of carbonyl (C=O) groups excluding carboxylic acids is 1. The van der Waals surface area contributed by atoms with Crippen molar-refractivity contribution >= 4 is 28.6 Å². The minimum atomic E-state index is -0.326. The molecule has 2 aliphatic rings. The molecule has 2 fully saturated rings. The van der Waals surface area contributed by atoms with E-state index in [1.807, 2.05) is 43.5 Å². The number of nitrogens with zero attached hydrogens (tertiary/aromatic N) is 6. The minimum absolute atomic E-state index is 0.162. The third-order valence-corrected chi connectivity index (χ3v) is 5.97. The van der Waals surface area contributed by atoms with Gasteiger partial charge in [-0.25, -0.2) is 14.8 Å². The van der Waals surface area contributed by atoms with Crippen molar-refractivity contribution < 1.29 is 14.3 Å². The van der Waals surface area contributed by atoms with Gasteiger partial charge in [-0.05, 0) is 30.7 Å². The van der Waals surface area contributed by atoms with Crippen molar-refractivity contribution in [3.63, 3.8) is 0 Å². The molecular weight excluding hydrogens is 408 g/mol. The van der Waals surface area contributed by atoms with E-state index in [2.05, 4.69) is 24.8 Å². The van der Waals surface area contributed by atoms with Crippen molar-refractivity contribution in [2.45, 2.75) is 13.0 Å². The van der Waals surface area contributed by atoms with Crippen LogP contribution in [0.5, 0.6) is 5.88 Å². The summed E-state index contributed by atoms with van der Waals surface area (Å²) < 4.78 is 10.9. The van der Waals surface area contributed by atoms with Crippen LogP contribution >= 0.6 is 0 Å². The predicted molar refractivity (Wildman–Crippen MR) is 121 cm³/mol. The van der Waals surface area contributed by atoms with Crippen molar-refractivity contribution in [1.29, 1.82) is 0 Å². The van der Waals surface area contributed by atoms with Crippen LogP contribution in [-0.4, -0.2) is 78.4 Å². The van der Waals surface area contributed by atoms with Gasteiger partial charge in [0.25, 0.3) is 0 Å². The number of aryl methyl sites for hydroxylation is 1. The first-order valence-electron chi connectivity index (χ1n) is 10.8. The Hall–Kier alpha value is -3.46. The average molecular weight is 435 g/mol. The van der Waals surface area contributed by atoms with Crippen LogP contribution in [0.3, 0.4) is 0 Å². The second-order valence-electron chi connectivity index (χ2n) is 8.15. The highest BCUT2D eigenvalue weighted by atomic mass is 16.6. The van der Waals surface area contributed by atoms with Crippen LogP contribution in [0.15, 0.2) is 42.7 Å². The first-order chi connectivity index (χ1) is 15.6. The third-order valence-electron chi connectivity index (χ3n) is 5.97. The highest BCUT2D eigenvalue weighted by Gasteiger charge is 2.34. The van der Waals surface area contributed by atoms with E-state index in [9.17, 15) is 4.79 Å². The first-order valence-corrected chi connectivity index (χ1v) is 10.8. The maximum atomic E-state index is 12.3. The Balaban J connectivity index is 1.21. The van der Waals surface area contributed by atoms with Crippen LogP contribution in [0.2, 0.25) is 0 Å². The summed E-state index contributed by atoms with van der Waals surface area (Å²) in [6, 6.07) is 9.59. The molecule has 0 aliphatic carbocycles. The Morgan fingerprint density at radius 1 is 1.09 bits per heavy atom. The number of amides is 1. The molecule has 3 aromatic heterocycles. The van der Waals surface area contributed by atoms with E-state index in [0.29, 0.717) is 24.8 Å². The number of aromatic nitrogens is 3. The smallest absolute Gasteiger partial charge is 0.415 e. The summed E-state index contributed by atoms with van der Waals surface area (Å²) in [5.41, 5.74) is 3.84. The lowest BCUT2D eigenvalue weighted by atomic mass is 10.2. The molecule has 166 valence electrons. The summed E-state index contributed by atoms with van der Waals surface area (Å²) in [5, 5.41) is 0. The average Bonchev–Trinajstić information content (AvgIpc) is 3.19. The Morgan fingerprint density at radius 3 is 2.69 bits per heavy atom. The molecule has 0 saturated carbocycles. The number of rotatable bonds is 5. The number of carbonyl (C=O) groups is 1.